The zero-order valence-corrected chi connectivity index (χ0v) is 9.92. The van der Waals surface area contributed by atoms with Gasteiger partial charge in [0, 0.05) is 6.20 Å². The van der Waals surface area contributed by atoms with Gasteiger partial charge in [-0.25, -0.2) is 0 Å². The van der Waals surface area contributed by atoms with Crippen LogP contribution in [0.25, 0.3) is 5.65 Å². The number of pyridine rings is 1. The highest BCUT2D eigenvalue weighted by Gasteiger charge is 2.52. The van der Waals surface area contributed by atoms with Crippen LogP contribution in [0.2, 0.25) is 0 Å². The summed E-state index contributed by atoms with van der Waals surface area (Å²) >= 11 is 0. The molecule has 2 aromatic heterocycles. The van der Waals surface area contributed by atoms with E-state index in [0.717, 1.165) is 6.07 Å². The van der Waals surface area contributed by atoms with Gasteiger partial charge in [-0.1, -0.05) is 0 Å². The van der Waals surface area contributed by atoms with Gasteiger partial charge in [0.1, 0.15) is 0 Å². The number of halogens is 6. The van der Waals surface area contributed by atoms with Gasteiger partial charge in [-0.15, -0.1) is 10.2 Å². The van der Waals surface area contributed by atoms with E-state index in [-0.39, 0.29) is 5.65 Å². The SMILES string of the molecule is CC(N)(c1nnc2ccc(C(F)(F)F)cn12)C(F)(F)F. The number of nitrogens with zero attached hydrogens (tertiary/aromatic N) is 3. The molecule has 4 nitrogen and oxygen atoms in total. The minimum absolute atomic E-state index is 0.158. The molecule has 0 spiro atoms. The van der Waals surface area contributed by atoms with Crippen LogP contribution in [0.4, 0.5) is 26.3 Å². The van der Waals surface area contributed by atoms with Gasteiger partial charge in [0.25, 0.3) is 0 Å². The van der Waals surface area contributed by atoms with Gasteiger partial charge in [-0.2, -0.15) is 26.3 Å². The van der Waals surface area contributed by atoms with Crippen LogP contribution in [0.1, 0.15) is 18.3 Å². The van der Waals surface area contributed by atoms with Gasteiger partial charge in [-0.05, 0) is 19.1 Å². The smallest absolute Gasteiger partial charge is 0.311 e. The molecule has 0 saturated carbocycles. The minimum Gasteiger partial charge on any atom is -0.311 e. The number of fused-ring (bicyclic) bond motifs is 1. The summed E-state index contributed by atoms with van der Waals surface area (Å²) in [5, 5.41) is 6.64. The molecule has 0 radical (unpaired) electrons. The Labute approximate surface area is 108 Å². The maximum atomic E-state index is 12.8. The molecule has 2 N–H and O–H groups in total. The standard InChI is InChI=1S/C10H8F6N4/c1-8(17,10(14,15)16)7-19-18-6-3-2-5(4-20(6)7)9(11,12)13/h2-4H,17H2,1H3. The Hall–Kier alpha value is -1.84. The predicted octanol–water partition coefficient (Wildman–Crippen LogP) is 2.48. The lowest BCUT2D eigenvalue weighted by Gasteiger charge is -2.25. The van der Waals surface area contributed by atoms with Crippen molar-refractivity contribution in [2.24, 2.45) is 5.73 Å². The van der Waals surface area contributed by atoms with E-state index < -0.39 is 29.3 Å². The third kappa shape index (κ3) is 2.19. The van der Waals surface area contributed by atoms with Gasteiger partial charge in [-0.3, -0.25) is 4.40 Å². The van der Waals surface area contributed by atoms with Crippen molar-refractivity contribution in [3.63, 3.8) is 0 Å². The summed E-state index contributed by atoms with van der Waals surface area (Å²) in [6, 6.07) is 1.63. The molecule has 1 unspecified atom stereocenters. The number of nitrogens with two attached hydrogens (primary N) is 1. The first-order valence-corrected chi connectivity index (χ1v) is 5.22. The number of alkyl halides is 6. The third-order valence-electron chi connectivity index (χ3n) is 2.78. The Morgan fingerprint density at radius 2 is 1.65 bits per heavy atom. The zero-order valence-electron chi connectivity index (χ0n) is 9.92. The molecule has 0 aromatic carbocycles. The zero-order chi connectivity index (χ0) is 15.3. The molecule has 0 aliphatic rings. The fraction of sp³-hybridized carbons (Fsp3) is 0.400. The number of rotatable bonds is 1. The monoisotopic (exact) mass is 298 g/mol. The summed E-state index contributed by atoms with van der Waals surface area (Å²) in [5.74, 6) is -0.814. The van der Waals surface area contributed by atoms with Crippen molar-refractivity contribution < 1.29 is 26.3 Å². The number of aromatic nitrogens is 3. The summed E-state index contributed by atoms with van der Waals surface area (Å²) in [4.78, 5) is 0. The van der Waals surface area contributed by atoms with E-state index in [1.807, 2.05) is 0 Å². The highest BCUT2D eigenvalue weighted by Crippen LogP contribution is 2.36. The summed E-state index contributed by atoms with van der Waals surface area (Å²) in [5.41, 5.74) is 0.956. The molecule has 1 atom stereocenters. The van der Waals surface area contributed by atoms with Crippen LogP contribution < -0.4 is 5.73 Å². The average molecular weight is 298 g/mol. The van der Waals surface area contributed by atoms with E-state index in [1.165, 1.54) is 0 Å². The van der Waals surface area contributed by atoms with Gasteiger partial charge in [0.2, 0.25) is 0 Å². The number of hydrogen-bond acceptors (Lipinski definition) is 3. The minimum atomic E-state index is -4.88. The Bertz CT molecular complexity index is 639. The second-order valence-electron chi connectivity index (χ2n) is 4.37. The van der Waals surface area contributed by atoms with Crippen LogP contribution in [0.3, 0.4) is 0 Å². The van der Waals surface area contributed by atoms with Crippen molar-refractivity contribution in [1.82, 2.24) is 14.6 Å². The van der Waals surface area contributed by atoms with Crippen molar-refractivity contribution in [3.8, 4) is 0 Å². The van der Waals surface area contributed by atoms with Crippen molar-refractivity contribution in [1.29, 1.82) is 0 Å². The topological polar surface area (TPSA) is 56.2 Å². The summed E-state index contributed by atoms with van der Waals surface area (Å²) in [6.07, 6.45) is -9.09. The maximum absolute atomic E-state index is 12.8. The molecule has 2 heterocycles. The van der Waals surface area contributed by atoms with Gasteiger partial charge < -0.3 is 5.73 Å². The van der Waals surface area contributed by atoms with Crippen LogP contribution in [0.15, 0.2) is 18.3 Å². The van der Waals surface area contributed by atoms with Crippen molar-refractivity contribution in [3.05, 3.63) is 29.7 Å². The lowest BCUT2D eigenvalue weighted by atomic mass is 10.0. The second kappa shape index (κ2) is 4.08. The molecule has 2 aromatic rings. The van der Waals surface area contributed by atoms with E-state index >= 15 is 0 Å². The summed E-state index contributed by atoms with van der Waals surface area (Å²) < 4.78 is 76.8. The molecule has 10 heteroatoms. The molecule has 0 aliphatic carbocycles. The quantitative estimate of drug-likeness (QED) is 0.823. The Kier molecular flexibility index (Phi) is 2.97. The molecule has 0 bridgehead atoms. The molecule has 0 amide bonds. The highest BCUT2D eigenvalue weighted by molar-refractivity contribution is 5.41. The normalized spacial score (nSPS) is 16.4. The Morgan fingerprint density at radius 1 is 1.05 bits per heavy atom. The fourth-order valence-corrected chi connectivity index (χ4v) is 1.54. The second-order valence-corrected chi connectivity index (χ2v) is 4.37. The van der Waals surface area contributed by atoms with Crippen molar-refractivity contribution in [2.45, 2.75) is 24.8 Å². The molecule has 0 aliphatic heterocycles. The van der Waals surface area contributed by atoms with E-state index in [0.29, 0.717) is 23.6 Å². The van der Waals surface area contributed by atoms with Crippen molar-refractivity contribution in [2.75, 3.05) is 0 Å². The average Bonchev–Trinajstić information content (AvgIpc) is 2.68. The van der Waals surface area contributed by atoms with Crippen LogP contribution in [-0.4, -0.2) is 20.8 Å². The van der Waals surface area contributed by atoms with E-state index in [9.17, 15) is 26.3 Å². The molecular formula is C10H8F6N4. The number of hydrogen-bond donors (Lipinski definition) is 1. The van der Waals surface area contributed by atoms with Gasteiger partial charge in [0.15, 0.2) is 17.0 Å². The Morgan fingerprint density at radius 3 is 2.15 bits per heavy atom. The maximum Gasteiger partial charge on any atom is 0.417 e. The third-order valence-corrected chi connectivity index (χ3v) is 2.78. The highest BCUT2D eigenvalue weighted by atomic mass is 19.4. The molecule has 110 valence electrons. The molecule has 20 heavy (non-hydrogen) atoms. The van der Waals surface area contributed by atoms with E-state index in [1.54, 1.807) is 0 Å². The van der Waals surface area contributed by atoms with Crippen LogP contribution in [0.5, 0.6) is 0 Å². The predicted molar refractivity (Wildman–Crippen MR) is 55.6 cm³/mol. The summed E-state index contributed by atoms with van der Waals surface area (Å²) in [7, 11) is 0. The Balaban J connectivity index is 2.67. The fourth-order valence-electron chi connectivity index (χ4n) is 1.54. The van der Waals surface area contributed by atoms with Gasteiger partial charge in [0.05, 0.1) is 5.56 Å². The lowest BCUT2D eigenvalue weighted by molar-refractivity contribution is -0.186. The molecule has 2 rings (SSSR count). The van der Waals surface area contributed by atoms with Crippen molar-refractivity contribution >= 4 is 5.65 Å². The van der Waals surface area contributed by atoms with Crippen LogP contribution >= 0.6 is 0 Å². The molecule has 0 fully saturated rings. The molecule has 0 saturated heterocycles. The largest absolute Gasteiger partial charge is 0.417 e. The van der Waals surface area contributed by atoms with Crippen LogP contribution in [0, 0.1) is 0 Å². The van der Waals surface area contributed by atoms with Gasteiger partial charge >= 0.3 is 12.4 Å². The first-order valence-electron chi connectivity index (χ1n) is 5.22. The first kappa shape index (κ1) is 14.6. The summed E-state index contributed by atoms with van der Waals surface area (Å²) in [6.45, 7) is 0.615. The van der Waals surface area contributed by atoms with E-state index in [4.69, 9.17) is 5.73 Å². The van der Waals surface area contributed by atoms with E-state index in [2.05, 4.69) is 10.2 Å². The molecular weight excluding hydrogens is 290 g/mol. The lowest BCUT2D eigenvalue weighted by Crippen LogP contribution is -2.49. The van der Waals surface area contributed by atoms with Crippen LogP contribution in [-0.2, 0) is 11.7 Å². The first-order chi connectivity index (χ1) is 8.94.